The summed E-state index contributed by atoms with van der Waals surface area (Å²) in [6.45, 7) is 4.58. The van der Waals surface area contributed by atoms with Crippen molar-refractivity contribution in [3.8, 4) is 5.75 Å². The lowest BCUT2D eigenvalue weighted by atomic mass is 10.1. The fourth-order valence-corrected chi connectivity index (χ4v) is 4.53. The summed E-state index contributed by atoms with van der Waals surface area (Å²) in [5.74, 6) is 0.286. The van der Waals surface area contributed by atoms with Crippen molar-refractivity contribution in [2.24, 2.45) is 0 Å². The van der Waals surface area contributed by atoms with Crippen molar-refractivity contribution in [1.29, 1.82) is 0 Å². The Bertz CT molecular complexity index is 1130. The maximum Gasteiger partial charge on any atom is 0.262 e. The zero-order valence-corrected chi connectivity index (χ0v) is 20.9. The van der Waals surface area contributed by atoms with Crippen LogP contribution in [0.15, 0.2) is 72.8 Å². The third-order valence-electron chi connectivity index (χ3n) is 5.58. The van der Waals surface area contributed by atoms with Crippen LogP contribution in [0.5, 0.6) is 5.75 Å². The van der Waals surface area contributed by atoms with Gasteiger partial charge < -0.3 is 15.0 Å². The molecule has 176 valence electrons. The van der Waals surface area contributed by atoms with Gasteiger partial charge in [0.2, 0.25) is 0 Å². The first kappa shape index (κ1) is 24.5. The van der Waals surface area contributed by atoms with E-state index < -0.39 is 0 Å². The van der Waals surface area contributed by atoms with Gasteiger partial charge in [-0.05, 0) is 48.0 Å². The van der Waals surface area contributed by atoms with Crippen LogP contribution in [-0.2, 0) is 11.3 Å². The van der Waals surface area contributed by atoms with Gasteiger partial charge in [-0.25, -0.2) is 0 Å². The Hall–Kier alpha value is -2.64. The Morgan fingerprint density at radius 2 is 1.65 bits per heavy atom. The van der Waals surface area contributed by atoms with Crippen LogP contribution in [0.1, 0.15) is 11.1 Å². The molecular weight excluding hydrogens is 489 g/mol. The van der Waals surface area contributed by atoms with Crippen LogP contribution in [0.2, 0.25) is 10.0 Å². The minimum absolute atomic E-state index is 0.133. The van der Waals surface area contributed by atoms with E-state index in [1.807, 2.05) is 30.3 Å². The summed E-state index contributed by atoms with van der Waals surface area (Å²) in [5, 5.41) is 3.59. The fourth-order valence-electron chi connectivity index (χ4n) is 3.75. The number of rotatable bonds is 7. The third kappa shape index (κ3) is 6.70. The highest BCUT2D eigenvalue weighted by molar-refractivity contribution is 7.80. The van der Waals surface area contributed by atoms with Gasteiger partial charge in [0, 0.05) is 43.3 Å². The SMILES string of the molecule is O=C(COc1ccc(C(=S)N2CCN(Cc3ccccc3)CC2)cc1)Nc1ccc(Cl)cc1Cl. The van der Waals surface area contributed by atoms with E-state index >= 15 is 0 Å². The van der Waals surface area contributed by atoms with E-state index in [2.05, 4.69) is 39.4 Å². The average Bonchev–Trinajstić information content (AvgIpc) is 2.85. The van der Waals surface area contributed by atoms with Crippen LogP contribution in [0.4, 0.5) is 5.69 Å². The molecule has 1 fully saturated rings. The van der Waals surface area contributed by atoms with E-state index in [-0.39, 0.29) is 12.5 Å². The van der Waals surface area contributed by atoms with Gasteiger partial charge in [-0.1, -0.05) is 65.8 Å². The van der Waals surface area contributed by atoms with Gasteiger partial charge in [-0.3, -0.25) is 9.69 Å². The molecule has 0 spiro atoms. The molecule has 1 amide bonds. The average molecular weight is 514 g/mol. The summed E-state index contributed by atoms with van der Waals surface area (Å²) in [4.78, 5) is 17.7. The van der Waals surface area contributed by atoms with E-state index in [4.69, 9.17) is 40.2 Å². The number of thiocarbonyl (C=S) groups is 1. The number of hydrogen-bond acceptors (Lipinski definition) is 4. The van der Waals surface area contributed by atoms with E-state index in [9.17, 15) is 4.79 Å². The van der Waals surface area contributed by atoms with Crippen LogP contribution in [0, 0.1) is 0 Å². The van der Waals surface area contributed by atoms with E-state index in [1.54, 1.807) is 18.2 Å². The molecule has 34 heavy (non-hydrogen) atoms. The molecule has 0 radical (unpaired) electrons. The number of nitrogens with one attached hydrogen (secondary N) is 1. The summed E-state index contributed by atoms with van der Waals surface area (Å²) < 4.78 is 5.61. The second-order valence-corrected chi connectivity index (χ2v) is 9.27. The van der Waals surface area contributed by atoms with Crippen LogP contribution in [0.25, 0.3) is 0 Å². The quantitative estimate of drug-likeness (QED) is 0.422. The molecule has 1 N–H and O–H groups in total. The number of carbonyl (C=O) groups is 1. The maximum atomic E-state index is 12.2. The summed E-state index contributed by atoms with van der Waals surface area (Å²) in [7, 11) is 0. The Labute approximate surface area is 215 Å². The molecule has 0 bridgehead atoms. The second kappa shape index (κ2) is 11.7. The van der Waals surface area contributed by atoms with Crippen molar-refractivity contribution in [3.63, 3.8) is 0 Å². The number of ether oxygens (including phenoxy) is 1. The van der Waals surface area contributed by atoms with E-state index in [0.29, 0.717) is 21.5 Å². The van der Waals surface area contributed by atoms with Crippen molar-refractivity contribution < 1.29 is 9.53 Å². The maximum absolute atomic E-state index is 12.2. The highest BCUT2D eigenvalue weighted by Gasteiger charge is 2.20. The highest BCUT2D eigenvalue weighted by Crippen LogP contribution is 2.25. The Morgan fingerprint density at radius 3 is 2.32 bits per heavy atom. The lowest BCUT2D eigenvalue weighted by Crippen LogP contribution is -2.47. The Kier molecular flexibility index (Phi) is 8.40. The first-order chi connectivity index (χ1) is 16.5. The molecule has 4 rings (SSSR count). The molecule has 0 aromatic heterocycles. The predicted octanol–water partition coefficient (Wildman–Crippen LogP) is 5.50. The van der Waals surface area contributed by atoms with Crippen molar-refractivity contribution in [2.75, 3.05) is 38.1 Å². The standard InChI is InChI=1S/C26H25Cl2N3O2S/c27-21-8-11-24(23(28)16-21)29-25(32)18-33-22-9-6-20(7-10-22)26(34)31-14-12-30(13-15-31)17-19-4-2-1-3-5-19/h1-11,16H,12-15,17-18H2,(H,29,32). The van der Waals surface area contributed by atoms with Crippen LogP contribution < -0.4 is 10.1 Å². The molecule has 1 aliphatic heterocycles. The number of benzene rings is 3. The minimum atomic E-state index is -0.308. The highest BCUT2D eigenvalue weighted by atomic mass is 35.5. The first-order valence-electron chi connectivity index (χ1n) is 11.0. The van der Waals surface area contributed by atoms with Gasteiger partial charge in [0.15, 0.2) is 6.61 Å². The molecule has 5 nitrogen and oxygen atoms in total. The van der Waals surface area contributed by atoms with Gasteiger partial charge >= 0.3 is 0 Å². The molecule has 0 aliphatic carbocycles. The van der Waals surface area contributed by atoms with Gasteiger partial charge in [-0.15, -0.1) is 0 Å². The summed E-state index contributed by atoms with van der Waals surface area (Å²) in [5.41, 5.74) is 2.79. The van der Waals surface area contributed by atoms with Crippen molar-refractivity contribution in [3.05, 3.63) is 94.0 Å². The topological polar surface area (TPSA) is 44.8 Å². The fraction of sp³-hybridized carbons (Fsp3) is 0.231. The lowest BCUT2D eigenvalue weighted by Gasteiger charge is -2.36. The lowest BCUT2D eigenvalue weighted by molar-refractivity contribution is -0.118. The van der Waals surface area contributed by atoms with Crippen LogP contribution in [0.3, 0.4) is 0 Å². The molecule has 3 aromatic carbocycles. The molecule has 1 heterocycles. The number of anilines is 1. The number of halogens is 2. The molecule has 0 unspecified atom stereocenters. The number of amides is 1. The van der Waals surface area contributed by atoms with Gasteiger partial charge in [-0.2, -0.15) is 0 Å². The van der Waals surface area contributed by atoms with Crippen molar-refractivity contribution >= 4 is 52.0 Å². The van der Waals surface area contributed by atoms with Gasteiger partial charge in [0.1, 0.15) is 10.7 Å². The monoisotopic (exact) mass is 513 g/mol. The zero-order chi connectivity index (χ0) is 23.9. The number of carbonyl (C=O) groups excluding carboxylic acids is 1. The smallest absolute Gasteiger partial charge is 0.262 e. The Balaban J connectivity index is 1.24. The molecular formula is C26H25Cl2N3O2S. The normalized spacial score (nSPS) is 14.0. The van der Waals surface area contributed by atoms with E-state index in [0.717, 1.165) is 43.3 Å². The van der Waals surface area contributed by atoms with Gasteiger partial charge in [0.05, 0.1) is 10.7 Å². The van der Waals surface area contributed by atoms with Crippen molar-refractivity contribution in [1.82, 2.24) is 9.80 Å². The first-order valence-corrected chi connectivity index (χ1v) is 12.2. The zero-order valence-electron chi connectivity index (χ0n) is 18.5. The summed E-state index contributed by atoms with van der Waals surface area (Å²) in [6, 6.07) is 22.9. The molecule has 3 aromatic rings. The molecule has 1 aliphatic rings. The molecule has 0 saturated carbocycles. The molecule has 1 saturated heterocycles. The van der Waals surface area contributed by atoms with E-state index in [1.165, 1.54) is 5.56 Å². The molecule has 0 atom stereocenters. The predicted molar refractivity (Wildman–Crippen MR) is 142 cm³/mol. The van der Waals surface area contributed by atoms with Crippen LogP contribution >= 0.6 is 35.4 Å². The van der Waals surface area contributed by atoms with Gasteiger partial charge in [0.25, 0.3) is 5.91 Å². The summed E-state index contributed by atoms with van der Waals surface area (Å²) in [6.07, 6.45) is 0. The van der Waals surface area contributed by atoms with Crippen LogP contribution in [-0.4, -0.2) is 53.5 Å². The van der Waals surface area contributed by atoms with Crippen molar-refractivity contribution in [2.45, 2.75) is 6.54 Å². The minimum Gasteiger partial charge on any atom is -0.484 e. The number of hydrogen-bond donors (Lipinski definition) is 1. The molecule has 8 heteroatoms. The summed E-state index contributed by atoms with van der Waals surface area (Å²) >= 11 is 17.7. The number of nitrogens with zero attached hydrogens (tertiary/aromatic N) is 2. The number of piperazine rings is 1. The second-order valence-electron chi connectivity index (χ2n) is 8.04. The largest absolute Gasteiger partial charge is 0.484 e. The third-order valence-corrected chi connectivity index (χ3v) is 6.63. The Morgan fingerprint density at radius 1 is 0.941 bits per heavy atom.